The van der Waals surface area contributed by atoms with Gasteiger partial charge in [-0.05, 0) is 43.4 Å². The van der Waals surface area contributed by atoms with Gasteiger partial charge in [0.1, 0.15) is 5.82 Å². The molecule has 1 aromatic rings. The summed E-state index contributed by atoms with van der Waals surface area (Å²) in [5, 5.41) is 16.0. The molecule has 7 heteroatoms. The monoisotopic (exact) mass is 408 g/mol. The number of aliphatic imine (C=N–C) groups is 1. The first-order chi connectivity index (χ1) is 14.2. The molecule has 3 N–H and O–H groups in total. The molecule has 0 spiro atoms. The van der Waals surface area contributed by atoms with Gasteiger partial charge in [0.15, 0.2) is 5.96 Å². The fourth-order valence-corrected chi connectivity index (χ4v) is 3.73. The quantitative estimate of drug-likeness (QED) is 0.388. The van der Waals surface area contributed by atoms with E-state index in [9.17, 15) is 9.50 Å². The largest absolute Gasteiger partial charge is 0.396 e. The third-order valence-electron chi connectivity index (χ3n) is 5.27. The van der Waals surface area contributed by atoms with Crippen LogP contribution in [-0.2, 0) is 4.74 Å². The van der Waals surface area contributed by atoms with Crippen molar-refractivity contribution in [3.63, 3.8) is 0 Å². The SMILES string of the molecule is CCCC(CCO)CN=C(NCC)NCC(c1cccc(F)c1)N1CCOCC1. The number of halogens is 1. The van der Waals surface area contributed by atoms with Gasteiger partial charge in [-0.25, -0.2) is 4.39 Å². The number of benzene rings is 1. The Bertz CT molecular complexity index is 602. The van der Waals surface area contributed by atoms with Gasteiger partial charge in [-0.3, -0.25) is 9.89 Å². The molecule has 1 aliphatic rings. The molecule has 0 aromatic heterocycles. The van der Waals surface area contributed by atoms with Crippen molar-refractivity contribution in [3.05, 3.63) is 35.6 Å². The van der Waals surface area contributed by atoms with E-state index in [4.69, 9.17) is 9.73 Å². The van der Waals surface area contributed by atoms with Gasteiger partial charge in [-0.15, -0.1) is 0 Å². The highest BCUT2D eigenvalue weighted by Crippen LogP contribution is 2.22. The summed E-state index contributed by atoms with van der Waals surface area (Å²) in [6, 6.07) is 6.88. The zero-order valence-electron chi connectivity index (χ0n) is 17.9. The average Bonchev–Trinajstić information content (AvgIpc) is 2.73. The molecule has 6 nitrogen and oxygen atoms in total. The minimum absolute atomic E-state index is 0.0438. The third kappa shape index (κ3) is 8.28. The molecule has 2 rings (SSSR count). The van der Waals surface area contributed by atoms with Crippen molar-refractivity contribution in [1.82, 2.24) is 15.5 Å². The van der Waals surface area contributed by atoms with Crippen molar-refractivity contribution in [2.24, 2.45) is 10.9 Å². The second-order valence-corrected chi connectivity index (χ2v) is 7.49. The van der Waals surface area contributed by atoms with Gasteiger partial charge in [-0.1, -0.05) is 25.5 Å². The van der Waals surface area contributed by atoms with Crippen LogP contribution in [0.1, 0.15) is 44.7 Å². The molecule has 2 atom stereocenters. The summed E-state index contributed by atoms with van der Waals surface area (Å²) in [6.07, 6.45) is 2.92. The molecule has 1 fully saturated rings. The molecule has 0 amide bonds. The Morgan fingerprint density at radius 3 is 2.69 bits per heavy atom. The zero-order chi connectivity index (χ0) is 20.9. The topological polar surface area (TPSA) is 69.1 Å². The highest BCUT2D eigenvalue weighted by molar-refractivity contribution is 5.79. The summed E-state index contributed by atoms with van der Waals surface area (Å²) in [5.41, 5.74) is 0.958. The maximum absolute atomic E-state index is 13.8. The van der Waals surface area contributed by atoms with E-state index in [1.807, 2.05) is 13.0 Å². The van der Waals surface area contributed by atoms with Gasteiger partial charge in [0, 0.05) is 39.3 Å². The Kier molecular flexibility index (Phi) is 11.0. The Morgan fingerprint density at radius 2 is 2.03 bits per heavy atom. The Hall–Kier alpha value is -1.70. The number of morpholine rings is 1. The molecule has 1 aliphatic heterocycles. The van der Waals surface area contributed by atoms with Crippen LogP contribution >= 0.6 is 0 Å². The number of nitrogens with zero attached hydrogens (tertiary/aromatic N) is 2. The van der Waals surface area contributed by atoms with Crippen molar-refractivity contribution < 1.29 is 14.2 Å². The molecule has 1 aromatic carbocycles. The first-order valence-corrected chi connectivity index (χ1v) is 10.9. The van der Waals surface area contributed by atoms with E-state index in [1.165, 1.54) is 6.07 Å². The normalized spacial score (nSPS) is 17.7. The molecule has 0 radical (unpaired) electrons. The summed E-state index contributed by atoms with van der Waals surface area (Å²) in [7, 11) is 0. The minimum Gasteiger partial charge on any atom is -0.396 e. The number of hydrogen-bond acceptors (Lipinski definition) is 4. The number of nitrogens with one attached hydrogen (secondary N) is 2. The van der Waals surface area contributed by atoms with Gasteiger partial charge in [-0.2, -0.15) is 0 Å². The van der Waals surface area contributed by atoms with Crippen molar-refractivity contribution in [1.29, 1.82) is 0 Å². The summed E-state index contributed by atoms with van der Waals surface area (Å²) in [5.74, 6) is 0.938. The van der Waals surface area contributed by atoms with Crippen LogP contribution in [0.4, 0.5) is 4.39 Å². The van der Waals surface area contributed by atoms with E-state index in [1.54, 1.807) is 12.1 Å². The van der Waals surface area contributed by atoms with Gasteiger partial charge in [0.05, 0.1) is 19.3 Å². The number of aliphatic hydroxyl groups excluding tert-OH is 1. The smallest absolute Gasteiger partial charge is 0.191 e. The molecule has 0 aliphatic carbocycles. The fourth-order valence-electron chi connectivity index (χ4n) is 3.73. The summed E-state index contributed by atoms with van der Waals surface area (Å²) < 4.78 is 19.3. The van der Waals surface area contributed by atoms with E-state index < -0.39 is 0 Å². The third-order valence-corrected chi connectivity index (χ3v) is 5.27. The zero-order valence-corrected chi connectivity index (χ0v) is 17.9. The van der Waals surface area contributed by atoms with Crippen molar-refractivity contribution in [3.8, 4) is 0 Å². The van der Waals surface area contributed by atoms with Crippen LogP contribution in [0.15, 0.2) is 29.3 Å². The summed E-state index contributed by atoms with van der Waals surface area (Å²) in [6.45, 7) is 9.52. The number of aliphatic hydroxyl groups is 1. The molecule has 164 valence electrons. The highest BCUT2D eigenvalue weighted by atomic mass is 19.1. The van der Waals surface area contributed by atoms with Crippen molar-refractivity contribution in [2.75, 3.05) is 52.5 Å². The highest BCUT2D eigenvalue weighted by Gasteiger charge is 2.23. The van der Waals surface area contributed by atoms with Gasteiger partial charge in [0.25, 0.3) is 0 Å². The second-order valence-electron chi connectivity index (χ2n) is 7.49. The van der Waals surface area contributed by atoms with E-state index in [0.29, 0.717) is 32.2 Å². The van der Waals surface area contributed by atoms with Crippen molar-refractivity contribution >= 4 is 5.96 Å². The van der Waals surface area contributed by atoms with Crippen LogP contribution in [0.5, 0.6) is 0 Å². The van der Waals surface area contributed by atoms with Crippen LogP contribution < -0.4 is 10.6 Å². The number of ether oxygens (including phenoxy) is 1. The maximum Gasteiger partial charge on any atom is 0.191 e. The first-order valence-electron chi connectivity index (χ1n) is 10.9. The minimum atomic E-state index is -0.215. The van der Waals surface area contributed by atoms with E-state index in [2.05, 4.69) is 22.5 Å². The lowest BCUT2D eigenvalue weighted by Crippen LogP contribution is -2.46. The Morgan fingerprint density at radius 1 is 1.24 bits per heavy atom. The standard InChI is InChI=1S/C22H37FN4O2/c1-3-6-18(9-12-28)16-25-22(24-4-2)26-17-21(27-10-13-29-14-11-27)19-7-5-8-20(23)15-19/h5,7-8,15,18,21,28H,3-4,6,9-14,16-17H2,1-2H3,(H2,24,25,26). The molecule has 0 saturated carbocycles. The number of hydrogen-bond donors (Lipinski definition) is 3. The van der Waals surface area contributed by atoms with E-state index in [0.717, 1.165) is 50.4 Å². The van der Waals surface area contributed by atoms with Crippen LogP contribution in [0.2, 0.25) is 0 Å². The number of rotatable bonds is 11. The molecule has 29 heavy (non-hydrogen) atoms. The fraction of sp³-hybridized carbons (Fsp3) is 0.682. The van der Waals surface area contributed by atoms with Gasteiger partial charge in [0.2, 0.25) is 0 Å². The van der Waals surface area contributed by atoms with Crippen LogP contribution in [0, 0.1) is 11.7 Å². The molecule has 1 saturated heterocycles. The van der Waals surface area contributed by atoms with Crippen LogP contribution in [0.3, 0.4) is 0 Å². The van der Waals surface area contributed by atoms with E-state index in [-0.39, 0.29) is 18.5 Å². The molecule has 1 heterocycles. The maximum atomic E-state index is 13.8. The average molecular weight is 409 g/mol. The lowest BCUT2D eigenvalue weighted by molar-refractivity contribution is 0.0169. The van der Waals surface area contributed by atoms with Gasteiger partial charge < -0.3 is 20.5 Å². The molecular weight excluding hydrogens is 371 g/mol. The second kappa shape index (κ2) is 13.5. The summed E-state index contributed by atoms with van der Waals surface area (Å²) >= 11 is 0. The van der Waals surface area contributed by atoms with Gasteiger partial charge >= 0.3 is 0 Å². The predicted molar refractivity (Wildman–Crippen MR) is 116 cm³/mol. The molecule has 0 bridgehead atoms. The van der Waals surface area contributed by atoms with Crippen molar-refractivity contribution in [2.45, 2.75) is 39.2 Å². The lowest BCUT2D eigenvalue weighted by Gasteiger charge is -2.35. The van der Waals surface area contributed by atoms with E-state index >= 15 is 0 Å². The lowest BCUT2D eigenvalue weighted by atomic mass is 10.0. The molecular formula is C22H37FN4O2. The molecule has 2 unspecified atom stereocenters. The summed E-state index contributed by atoms with van der Waals surface area (Å²) in [4.78, 5) is 7.08. The first kappa shape index (κ1) is 23.6. The van der Waals surface area contributed by atoms with Crippen LogP contribution in [-0.4, -0.2) is 68.5 Å². The Balaban J connectivity index is 2.07. The Labute approximate surface area is 174 Å². The predicted octanol–water partition coefficient (Wildman–Crippen LogP) is 2.55. The number of guanidine groups is 1. The van der Waals surface area contributed by atoms with Crippen LogP contribution in [0.25, 0.3) is 0 Å².